The van der Waals surface area contributed by atoms with Gasteiger partial charge in [-0.15, -0.1) is 11.3 Å². The molecule has 26 heavy (non-hydrogen) atoms. The number of ether oxygens (including phenoxy) is 3. The summed E-state index contributed by atoms with van der Waals surface area (Å²) in [6, 6.07) is 8.15. The minimum Gasteiger partial charge on any atom is -0.493 e. The Morgan fingerprint density at radius 2 is 1.77 bits per heavy atom. The van der Waals surface area contributed by atoms with Gasteiger partial charge in [0.15, 0.2) is 18.1 Å². The van der Waals surface area contributed by atoms with Crippen LogP contribution in [0.3, 0.4) is 0 Å². The predicted molar refractivity (Wildman–Crippen MR) is 96.2 cm³/mol. The molecule has 0 saturated heterocycles. The van der Waals surface area contributed by atoms with Crippen LogP contribution >= 0.6 is 11.3 Å². The molecule has 1 heterocycles. The third-order valence-corrected chi connectivity index (χ3v) is 4.46. The first-order chi connectivity index (χ1) is 12.4. The van der Waals surface area contributed by atoms with Crippen LogP contribution in [0.1, 0.15) is 24.9 Å². The maximum Gasteiger partial charge on any atom is 0.325 e. The summed E-state index contributed by atoms with van der Waals surface area (Å²) in [5.74, 6) is -0.545. The quantitative estimate of drug-likeness (QED) is 0.560. The molecule has 0 aliphatic rings. The van der Waals surface area contributed by atoms with Crippen LogP contribution in [0.5, 0.6) is 11.5 Å². The molecular weight excluding hydrogens is 358 g/mol. The van der Waals surface area contributed by atoms with Crippen LogP contribution < -0.4 is 14.8 Å². The first-order valence-electron chi connectivity index (χ1n) is 7.70. The van der Waals surface area contributed by atoms with Gasteiger partial charge in [-0.2, -0.15) is 0 Å². The van der Waals surface area contributed by atoms with E-state index in [2.05, 4.69) is 5.32 Å². The van der Waals surface area contributed by atoms with Gasteiger partial charge >= 0.3 is 5.97 Å². The maximum absolute atomic E-state index is 12.1. The Balaban J connectivity index is 1.83. The molecule has 1 N–H and O–H groups in total. The number of hydrogen-bond acceptors (Lipinski definition) is 7. The predicted octanol–water partition coefficient (Wildman–Crippen LogP) is 2.23. The Bertz CT molecular complexity index is 814. The average Bonchev–Trinajstić information content (AvgIpc) is 3.09. The van der Waals surface area contributed by atoms with Crippen LogP contribution in [0.25, 0.3) is 0 Å². The highest BCUT2D eigenvalue weighted by molar-refractivity contribution is 7.14. The number of hydrogen-bond donors (Lipinski definition) is 1. The van der Waals surface area contributed by atoms with Crippen molar-refractivity contribution < 1.29 is 28.6 Å². The lowest BCUT2D eigenvalue weighted by atomic mass is 10.2. The number of amides is 1. The van der Waals surface area contributed by atoms with Crippen molar-refractivity contribution in [1.82, 2.24) is 5.32 Å². The smallest absolute Gasteiger partial charge is 0.325 e. The van der Waals surface area contributed by atoms with Crippen LogP contribution in [-0.2, 0) is 9.53 Å². The summed E-state index contributed by atoms with van der Waals surface area (Å²) in [7, 11) is 2.95. The van der Waals surface area contributed by atoms with Crippen molar-refractivity contribution in [2.45, 2.75) is 6.92 Å². The molecule has 1 aromatic heterocycles. The normalized spacial score (nSPS) is 10.1. The number of thiophene rings is 1. The summed E-state index contributed by atoms with van der Waals surface area (Å²) in [5.41, 5.74) is 0.306. The fourth-order valence-electron chi connectivity index (χ4n) is 2.08. The van der Waals surface area contributed by atoms with Crippen LogP contribution in [0.15, 0.2) is 30.3 Å². The Morgan fingerprint density at radius 3 is 2.38 bits per heavy atom. The summed E-state index contributed by atoms with van der Waals surface area (Å²) < 4.78 is 15.1. The maximum atomic E-state index is 12.1. The lowest BCUT2D eigenvalue weighted by molar-refractivity contribution is -0.141. The fraction of sp³-hybridized carbons (Fsp3) is 0.278. The lowest BCUT2D eigenvalue weighted by Crippen LogP contribution is -2.31. The number of carbonyl (C=O) groups is 3. The van der Waals surface area contributed by atoms with E-state index < -0.39 is 11.9 Å². The number of esters is 1. The molecule has 8 heteroatoms. The molecule has 0 radical (unpaired) electrons. The third kappa shape index (κ3) is 5.06. The lowest BCUT2D eigenvalue weighted by Gasteiger charge is -2.10. The van der Waals surface area contributed by atoms with E-state index >= 15 is 0 Å². The topological polar surface area (TPSA) is 90.9 Å². The number of ketones is 1. The highest BCUT2D eigenvalue weighted by Crippen LogP contribution is 2.27. The molecule has 0 aliphatic heterocycles. The molecule has 1 aromatic carbocycles. The molecule has 0 saturated carbocycles. The first kappa shape index (κ1) is 19.5. The second-order valence-electron chi connectivity index (χ2n) is 5.25. The molecule has 0 atom stereocenters. The monoisotopic (exact) mass is 377 g/mol. The minimum absolute atomic E-state index is 0.275. The second kappa shape index (κ2) is 9.00. The third-order valence-electron chi connectivity index (χ3n) is 3.42. The Hall–Kier alpha value is -2.87. The van der Waals surface area contributed by atoms with Crippen molar-refractivity contribution in [2.24, 2.45) is 0 Å². The van der Waals surface area contributed by atoms with E-state index in [1.54, 1.807) is 18.2 Å². The highest BCUT2D eigenvalue weighted by atomic mass is 32.1. The number of benzene rings is 1. The molecule has 0 unspecified atom stereocenters. The Kier molecular flexibility index (Phi) is 6.74. The summed E-state index contributed by atoms with van der Waals surface area (Å²) in [6.07, 6.45) is 0. The van der Waals surface area contributed by atoms with Gasteiger partial charge in [0.25, 0.3) is 5.91 Å². The summed E-state index contributed by atoms with van der Waals surface area (Å²) in [4.78, 5) is 37.2. The van der Waals surface area contributed by atoms with Gasteiger partial charge in [0.2, 0.25) is 5.78 Å². The summed E-state index contributed by atoms with van der Waals surface area (Å²) in [5, 5.41) is 2.44. The van der Waals surface area contributed by atoms with Gasteiger partial charge in [0.05, 0.1) is 19.1 Å². The van der Waals surface area contributed by atoms with E-state index in [-0.39, 0.29) is 18.9 Å². The molecule has 0 fully saturated rings. The zero-order valence-electron chi connectivity index (χ0n) is 14.7. The molecule has 138 valence electrons. The van der Waals surface area contributed by atoms with E-state index in [9.17, 15) is 14.4 Å². The minimum atomic E-state index is -0.694. The highest BCUT2D eigenvalue weighted by Gasteiger charge is 2.14. The number of nitrogens with one attached hydrogen (secondary N) is 1. The van der Waals surface area contributed by atoms with Crippen molar-refractivity contribution in [2.75, 3.05) is 27.4 Å². The first-order valence-corrected chi connectivity index (χ1v) is 8.51. The summed E-state index contributed by atoms with van der Waals surface area (Å²) in [6.45, 7) is 1.19. The summed E-state index contributed by atoms with van der Waals surface area (Å²) >= 11 is 1.34. The molecule has 0 spiro atoms. The van der Waals surface area contributed by atoms with Gasteiger partial charge in [0, 0.05) is 10.4 Å². The Labute approximate surface area is 154 Å². The van der Waals surface area contributed by atoms with Gasteiger partial charge in [-0.1, -0.05) is 0 Å². The largest absolute Gasteiger partial charge is 0.493 e. The SMILES string of the molecule is COc1ccc(C(=O)NCC(=O)OCC(=O)c2ccc(C)s2)cc1OC. The molecule has 1 amide bonds. The molecule has 2 rings (SSSR count). The van der Waals surface area contributed by atoms with Gasteiger partial charge in [-0.3, -0.25) is 14.4 Å². The van der Waals surface area contributed by atoms with E-state index in [1.165, 1.54) is 31.6 Å². The van der Waals surface area contributed by atoms with Crippen molar-refractivity contribution in [3.8, 4) is 11.5 Å². The van der Waals surface area contributed by atoms with Gasteiger partial charge < -0.3 is 19.5 Å². The zero-order chi connectivity index (χ0) is 19.1. The number of carbonyl (C=O) groups excluding carboxylic acids is 3. The van der Waals surface area contributed by atoms with E-state index in [0.717, 1.165) is 4.88 Å². The average molecular weight is 377 g/mol. The van der Waals surface area contributed by atoms with Crippen LogP contribution in [0, 0.1) is 6.92 Å². The van der Waals surface area contributed by atoms with E-state index in [0.29, 0.717) is 21.9 Å². The standard InChI is InChI=1S/C18H19NO6S/c1-11-4-7-16(26-11)13(20)10-25-17(21)9-19-18(22)12-5-6-14(23-2)15(8-12)24-3/h4-8H,9-10H2,1-3H3,(H,19,22). The molecule has 2 aromatic rings. The second-order valence-corrected chi connectivity index (χ2v) is 6.53. The van der Waals surface area contributed by atoms with Gasteiger partial charge in [-0.25, -0.2) is 0 Å². The van der Waals surface area contributed by atoms with E-state index in [4.69, 9.17) is 14.2 Å². The molecule has 0 aliphatic carbocycles. The molecular formula is C18H19NO6S. The molecule has 0 bridgehead atoms. The van der Waals surface area contributed by atoms with Gasteiger partial charge in [-0.05, 0) is 37.3 Å². The van der Waals surface area contributed by atoms with Crippen LogP contribution in [-0.4, -0.2) is 45.0 Å². The Morgan fingerprint density at radius 1 is 1.04 bits per heavy atom. The fourth-order valence-corrected chi connectivity index (χ4v) is 2.88. The molecule has 7 nitrogen and oxygen atoms in total. The number of methoxy groups -OCH3 is 2. The van der Waals surface area contributed by atoms with Crippen molar-refractivity contribution in [3.63, 3.8) is 0 Å². The number of Topliss-reactive ketones (excluding diaryl/α,β-unsaturated/α-hetero) is 1. The van der Waals surface area contributed by atoms with Crippen LogP contribution in [0.2, 0.25) is 0 Å². The number of aryl methyl sites for hydroxylation is 1. The van der Waals surface area contributed by atoms with Crippen LogP contribution in [0.4, 0.5) is 0 Å². The van der Waals surface area contributed by atoms with Crippen molar-refractivity contribution >= 4 is 29.0 Å². The number of rotatable bonds is 8. The van der Waals surface area contributed by atoms with Crippen molar-refractivity contribution in [1.29, 1.82) is 0 Å². The van der Waals surface area contributed by atoms with E-state index in [1.807, 2.05) is 13.0 Å². The zero-order valence-corrected chi connectivity index (χ0v) is 15.5. The van der Waals surface area contributed by atoms with Gasteiger partial charge in [0.1, 0.15) is 6.54 Å². The van der Waals surface area contributed by atoms with Crippen molar-refractivity contribution in [3.05, 3.63) is 45.6 Å².